The summed E-state index contributed by atoms with van der Waals surface area (Å²) in [6, 6.07) is 6.19. The summed E-state index contributed by atoms with van der Waals surface area (Å²) in [5, 5.41) is 0. The van der Waals surface area contributed by atoms with E-state index in [0.717, 1.165) is 30.1 Å². The molecule has 5 heteroatoms. The maximum atomic E-state index is 12.2. The fraction of sp³-hybridized carbons (Fsp3) is 0.450. The van der Waals surface area contributed by atoms with Gasteiger partial charge in [0.15, 0.2) is 17.3 Å². The molecule has 0 aromatic heterocycles. The van der Waals surface area contributed by atoms with Crippen molar-refractivity contribution in [1.82, 2.24) is 0 Å². The van der Waals surface area contributed by atoms with Gasteiger partial charge in [-0.3, -0.25) is 4.79 Å². The van der Waals surface area contributed by atoms with Crippen LogP contribution in [0.4, 0.5) is 0 Å². The van der Waals surface area contributed by atoms with Crippen LogP contribution in [-0.4, -0.2) is 25.8 Å². The molecular formula is C20H20O5. The van der Waals surface area contributed by atoms with Crippen LogP contribution in [0.1, 0.15) is 31.2 Å². The molecule has 0 N–H and O–H groups in total. The quantitative estimate of drug-likeness (QED) is 0.827. The summed E-state index contributed by atoms with van der Waals surface area (Å²) in [5.74, 6) is 3.34. The Hall–Kier alpha value is -2.43. The summed E-state index contributed by atoms with van der Waals surface area (Å²) in [5.41, 5.74) is 0.971. The minimum Gasteiger partial charge on any atom is -0.494 e. The van der Waals surface area contributed by atoms with E-state index < -0.39 is 0 Å². The smallest absolute Gasteiger partial charge is 0.231 e. The first-order valence-corrected chi connectivity index (χ1v) is 8.70. The van der Waals surface area contributed by atoms with Gasteiger partial charge in [-0.2, -0.15) is 0 Å². The molecule has 0 amide bonds. The van der Waals surface area contributed by atoms with Gasteiger partial charge in [0.2, 0.25) is 12.6 Å². The Morgan fingerprint density at radius 2 is 2.08 bits per heavy atom. The summed E-state index contributed by atoms with van der Waals surface area (Å²) in [6.45, 7) is 2.52. The normalized spacial score (nSPS) is 34.8. The van der Waals surface area contributed by atoms with Crippen molar-refractivity contribution in [2.45, 2.75) is 31.8 Å². The Morgan fingerprint density at radius 3 is 2.92 bits per heavy atom. The highest BCUT2D eigenvalue weighted by atomic mass is 16.7. The second kappa shape index (κ2) is 5.04. The molecule has 2 fully saturated rings. The summed E-state index contributed by atoms with van der Waals surface area (Å²) >= 11 is 0. The van der Waals surface area contributed by atoms with E-state index in [0.29, 0.717) is 11.7 Å². The van der Waals surface area contributed by atoms with E-state index >= 15 is 0 Å². The Bertz CT molecular complexity index is 823. The van der Waals surface area contributed by atoms with Gasteiger partial charge in [-0.25, -0.2) is 0 Å². The second-order valence-electron chi connectivity index (χ2n) is 7.31. The molecule has 2 bridgehead atoms. The summed E-state index contributed by atoms with van der Waals surface area (Å²) < 4.78 is 22.4. The zero-order chi connectivity index (χ0) is 17.2. The van der Waals surface area contributed by atoms with Crippen molar-refractivity contribution in [3.63, 3.8) is 0 Å². The van der Waals surface area contributed by atoms with Gasteiger partial charge in [-0.1, -0.05) is 13.0 Å². The van der Waals surface area contributed by atoms with Gasteiger partial charge in [0.1, 0.15) is 11.9 Å². The third-order valence-electron chi connectivity index (χ3n) is 6.19. The van der Waals surface area contributed by atoms with E-state index in [1.54, 1.807) is 13.2 Å². The van der Waals surface area contributed by atoms with Crippen LogP contribution in [0.5, 0.6) is 11.5 Å². The van der Waals surface area contributed by atoms with Crippen LogP contribution in [-0.2, 0) is 14.3 Å². The number of carbonyl (C=O) groups is 1. The maximum absolute atomic E-state index is 12.2. The van der Waals surface area contributed by atoms with Crippen molar-refractivity contribution in [3.8, 4) is 11.5 Å². The van der Waals surface area contributed by atoms with Crippen molar-refractivity contribution in [3.05, 3.63) is 47.4 Å². The maximum Gasteiger partial charge on any atom is 0.231 e. The Kier molecular flexibility index (Phi) is 3.00. The van der Waals surface area contributed by atoms with Crippen molar-refractivity contribution in [2.24, 2.45) is 11.3 Å². The van der Waals surface area contributed by atoms with Gasteiger partial charge in [-0.05, 0) is 42.0 Å². The molecule has 1 aromatic rings. The molecule has 5 rings (SSSR count). The largest absolute Gasteiger partial charge is 0.494 e. The molecule has 1 saturated heterocycles. The van der Waals surface area contributed by atoms with E-state index in [2.05, 4.69) is 19.1 Å². The minimum absolute atomic E-state index is 0.109. The molecule has 25 heavy (non-hydrogen) atoms. The average molecular weight is 340 g/mol. The lowest BCUT2D eigenvalue weighted by molar-refractivity contribution is -0.114. The Balaban J connectivity index is 1.56. The number of hydrogen-bond donors (Lipinski definition) is 0. The van der Waals surface area contributed by atoms with Crippen molar-refractivity contribution in [2.75, 3.05) is 13.9 Å². The summed E-state index contributed by atoms with van der Waals surface area (Å²) in [6.07, 6.45) is 5.58. The van der Waals surface area contributed by atoms with Crippen LogP contribution in [0.25, 0.3) is 0 Å². The van der Waals surface area contributed by atoms with Crippen molar-refractivity contribution in [1.29, 1.82) is 0 Å². The summed E-state index contributed by atoms with van der Waals surface area (Å²) in [7, 11) is 1.55. The number of allylic oxidation sites excluding steroid dienone is 2. The molecule has 0 radical (unpaired) electrons. The molecule has 4 atom stereocenters. The monoisotopic (exact) mass is 340 g/mol. The van der Waals surface area contributed by atoms with Gasteiger partial charge in [-0.15, -0.1) is 0 Å². The van der Waals surface area contributed by atoms with Crippen molar-refractivity contribution < 1.29 is 23.7 Å². The zero-order valence-electron chi connectivity index (χ0n) is 14.3. The SMILES string of the molecule is COC1=C[C@]23C[C@H](C[C@H](c4ccc5c(c4)OCO5)[C@@H]2C)OC3=CC1=O. The standard InChI is InChI=1S/C20H20O5/c1-11-14(12-3-4-16-17(5-12)24-10-23-16)6-13-8-20(11)9-18(22-2)15(21)7-19(20)25-13/h3-5,7,9,11,13-14H,6,8,10H2,1-2H3/t11-,13-,14-,20+/m0/s1. The van der Waals surface area contributed by atoms with Crippen LogP contribution in [0.2, 0.25) is 0 Å². The first-order valence-electron chi connectivity index (χ1n) is 8.70. The number of hydrogen-bond acceptors (Lipinski definition) is 5. The number of ether oxygens (including phenoxy) is 4. The highest BCUT2D eigenvalue weighted by molar-refractivity contribution is 6.04. The molecule has 130 valence electrons. The molecular weight excluding hydrogens is 320 g/mol. The van der Waals surface area contributed by atoms with Gasteiger partial charge in [0.05, 0.1) is 12.5 Å². The molecule has 1 aromatic carbocycles. The van der Waals surface area contributed by atoms with Crippen LogP contribution in [0, 0.1) is 11.3 Å². The second-order valence-corrected chi connectivity index (χ2v) is 7.31. The minimum atomic E-state index is -0.261. The number of rotatable bonds is 2. The summed E-state index contributed by atoms with van der Waals surface area (Å²) in [4.78, 5) is 12.2. The average Bonchev–Trinajstić information content (AvgIpc) is 3.19. The topological polar surface area (TPSA) is 54.0 Å². The molecule has 2 aliphatic heterocycles. The molecule has 5 nitrogen and oxygen atoms in total. The van der Waals surface area contributed by atoms with Gasteiger partial charge in [0.25, 0.3) is 0 Å². The predicted octanol–water partition coefficient (Wildman–Crippen LogP) is 3.31. The fourth-order valence-electron chi connectivity index (χ4n) is 4.85. The van der Waals surface area contributed by atoms with Crippen molar-refractivity contribution >= 4 is 5.78 Å². The first kappa shape index (κ1) is 14.9. The lowest BCUT2D eigenvalue weighted by Crippen LogP contribution is -2.37. The molecule has 0 unspecified atom stereocenters. The van der Waals surface area contributed by atoms with E-state index in [1.165, 1.54) is 5.56 Å². The van der Waals surface area contributed by atoms with Crippen LogP contribution < -0.4 is 9.47 Å². The molecule has 1 saturated carbocycles. The third kappa shape index (κ3) is 1.98. The van der Waals surface area contributed by atoms with E-state index in [-0.39, 0.29) is 30.0 Å². The molecule has 1 spiro atoms. The van der Waals surface area contributed by atoms with E-state index in [1.807, 2.05) is 12.1 Å². The first-order chi connectivity index (χ1) is 12.1. The zero-order valence-corrected chi connectivity index (χ0v) is 14.3. The number of carbonyl (C=O) groups excluding carboxylic acids is 1. The van der Waals surface area contributed by atoms with Gasteiger partial charge in [0, 0.05) is 12.5 Å². The van der Waals surface area contributed by atoms with Gasteiger partial charge < -0.3 is 18.9 Å². The fourth-order valence-corrected chi connectivity index (χ4v) is 4.85. The van der Waals surface area contributed by atoms with Gasteiger partial charge >= 0.3 is 0 Å². The molecule has 2 aliphatic carbocycles. The predicted molar refractivity (Wildman–Crippen MR) is 89.2 cm³/mol. The molecule has 2 heterocycles. The van der Waals surface area contributed by atoms with E-state index in [9.17, 15) is 4.79 Å². The Labute approximate surface area is 146 Å². The number of fused-ring (bicyclic) bond motifs is 2. The lowest BCUT2D eigenvalue weighted by Gasteiger charge is -2.41. The third-order valence-corrected chi connectivity index (χ3v) is 6.19. The highest BCUT2D eigenvalue weighted by Crippen LogP contribution is 2.61. The Morgan fingerprint density at radius 1 is 1.24 bits per heavy atom. The highest BCUT2D eigenvalue weighted by Gasteiger charge is 2.56. The number of methoxy groups -OCH3 is 1. The lowest BCUT2D eigenvalue weighted by atomic mass is 9.59. The number of ketones is 1. The van der Waals surface area contributed by atoms with Crippen LogP contribution in [0.15, 0.2) is 41.9 Å². The van der Waals surface area contributed by atoms with Crippen LogP contribution >= 0.6 is 0 Å². The number of benzene rings is 1. The van der Waals surface area contributed by atoms with E-state index in [4.69, 9.17) is 18.9 Å². The van der Waals surface area contributed by atoms with Crippen LogP contribution in [0.3, 0.4) is 0 Å². The molecule has 4 aliphatic rings.